The number of benzene rings is 1. The Labute approximate surface area is 141 Å². The molecule has 0 atom stereocenters. The third-order valence-electron chi connectivity index (χ3n) is 2.77. The summed E-state index contributed by atoms with van der Waals surface area (Å²) in [6.07, 6.45) is 1.66. The molecule has 0 saturated carbocycles. The third kappa shape index (κ3) is 5.38. The molecule has 122 valence electrons. The zero-order chi connectivity index (χ0) is 17.2. The molecule has 6 heteroatoms. The lowest BCUT2D eigenvalue weighted by molar-refractivity contribution is -0.110. The molecule has 0 saturated heterocycles. The van der Waals surface area contributed by atoms with Crippen molar-refractivity contribution in [3.05, 3.63) is 58.9 Å². The van der Waals surface area contributed by atoms with Crippen LogP contribution in [0.4, 0.5) is 5.69 Å². The molecule has 5 nitrogen and oxygen atoms in total. The minimum Gasteiger partial charge on any atom is -0.398 e. The number of aromatic nitrogens is 1. The number of hydrogen-bond acceptors (Lipinski definition) is 4. The van der Waals surface area contributed by atoms with Gasteiger partial charge in [-0.15, -0.1) is 0 Å². The molecule has 1 N–H and O–H groups in total. The maximum Gasteiger partial charge on any atom is 0.278 e. The molecule has 0 aliphatic rings. The zero-order valence-electron chi connectivity index (χ0n) is 13.6. The number of amides is 1. The van der Waals surface area contributed by atoms with Gasteiger partial charge in [0.25, 0.3) is 5.91 Å². The van der Waals surface area contributed by atoms with Crippen LogP contribution in [-0.4, -0.2) is 23.7 Å². The highest BCUT2D eigenvalue weighted by molar-refractivity contribution is 6.48. The minimum atomic E-state index is -0.379. The lowest BCUT2D eigenvalue weighted by Crippen LogP contribution is -2.24. The number of carbonyl (C=O) groups excluding carboxylic acids is 1. The van der Waals surface area contributed by atoms with Gasteiger partial charge in [0.1, 0.15) is 7.11 Å². The molecule has 1 aromatic heterocycles. The van der Waals surface area contributed by atoms with Crippen LogP contribution >= 0.6 is 11.6 Å². The Bertz CT molecular complexity index is 670. The maximum atomic E-state index is 12.4. The molecule has 0 spiro atoms. The molecule has 0 fully saturated rings. The van der Waals surface area contributed by atoms with Crippen LogP contribution in [-0.2, 0) is 9.63 Å². The van der Waals surface area contributed by atoms with Gasteiger partial charge in [-0.25, -0.2) is 0 Å². The first-order chi connectivity index (χ1) is 11.1. The van der Waals surface area contributed by atoms with Crippen LogP contribution in [0, 0.1) is 6.92 Å². The van der Waals surface area contributed by atoms with Gasteiger partial charge in [0.05, 0.1) is 11.4 Å². The predicted molar refractivity (Wildman–Crippen MR) is 93.9 cm³/mol. The number of rotatable bonds is 4. The summed E-state index contributed by atoms with van der Waals surface area (Å²) < 4.78 is 0. The number of oxime groups is 1. The van der Waals surface area contributed by atoms with Crippen LogP contribution in [0.25, 0.3) is 0 Å². The SMILES string of the molecule is CC.CO/N=C(/C(=O)Nc1cccnc1C)c1ccc(Cl)cc1. The molecule has 0 aliphatic carbocycles. The van der Waals surface area contributed by atoms with Gasteiger partial charge in [-0.05, 0) is 31.2 Å². The Kier molecular flexibility index (Phi) is 7.77. The van der Waals surface area contributed by atoms with Crippen molar-refractivity contribution >= 4 is 28.9 Å². The van der Waals surface area contributed by atoms with Crippen molar-refractivity contribution in [3.8, 4) is 0 Å². The van der Waals surface area contributed by atoms with E-state index in [1.54, 1.807) is 42.6 Å². The van der Waals surface area contributed by atoms with Gasteiger partial charge in [-0.1, -0.05) is 42.7 Å². The highest BCUT2D eigenvalue weighted by atomic mass is 35.5. The van der Waals surface area contributed by atoms with E-state index in [0.717, 1.165) is 5.69 Å². The Hall–Kier alpha value is -2.40. The van der Waals surface area contributed by atoms with E-state index in [2.05, 4.69) is 15.5 Å². The monoisotopic (exact) mass is 333 g/mol. The molecule has 2 rings (SSSR count). The van der Waals surface area contributed by atoms with E-state index in [1.807, 2.05) is 20.8 Å². The van der Waals surface area contributed by atoms with Crippen LogP contribution in [0.15, 0.2) is 47.8 Å². The van der Waals surface area contributed by atoms with Crippen molar-refractivity contribution in [1.82, 2.24) is 4.98 Å². The zero-order valence-corrected chi connectivity index (χ0v) is 14.4. The van der Waals surface area contributed by atoms with Crippen LogP contribution in [0.3, 0.4) is 0 Å². The first-order valence-corrected chi connectivity index (χ1v) is 7.59. The fourth-order valence-corrected chi connectivity index (χ4v) is 1.85. The average molecular weight is 334 g/mol. The first-order valence-electron chi connectivity index (χ1n) is 7.22. The Morgan fingerprint density at radius 2 is 1.87 bits per heavy atom. The summed E-state index contributed by atoms with van der Waals surface area (Å²) in [5.41, 5.74) is 2.12. The van der Waals surface area contributed by atoms with Gasteiger partial charge >= 0.3 is 0 Å². The van der Waals surface area contributed by atoms with Gasteiger partial charge in [0.2, 0.25) is 0 Å². The predicted octanol–water partition coefficient (Wildman–Crippen LogP) is 4.06. The van der Waals surface area contributed by atoms with Crippen LogP contribution in [0.2, 0.25) is 5.02 Å². The Balaban J connectivity index is 0.00000127. The van der Waals surface area contributed by atoms with Gasteiger partial charge < -0.3 is 10.2 Å². The Morgan fingerprint density at radius 3 is 2.43 bits per heavy atom. The van der Waals surface area contributed by atoms with Crippen molar-refractivity contribution in [2.45, 2.75) is 20.8 Å². The van der Waals surface area contributed by atoms with E-state index in [-0.39, 0.29) is 11.6 Å². The quantitative estimate of drug-likeness (QED) is 0.678. The second-order valence-corrected chi connectivity index (χ2v) is 4.66. The summed E-state index contributed by atoms with van der Waals surface area (Å²) in [5.74, 6) is -0.379. The molecular formula is C17H20ClN3O2. The summed E-state index contributed by atoms with van der Waals surface area (Å²) in [4.78, 5) is 21.2. The molecule has 1 heterocycles. The molecule has 23 heavy (non-hydrogen) atoms. The van der Waals surface area contributed by atoms with Gasteiger partial charge in [0, 0.05) is 16.8 Å². The number of hydrogen-bond donors (Lipinski definition) is 1. The molecule has 0 bridgehead atoms. The van der Waals surface area contributed by atoms with Crippen molar-refractivity contribution in [2.24, 2.45) is 5.16 Å². The van der Waals surface area contributed by atoms with E-state index < -0.39 is 0 Å². The van der Waals surface area contributed by atoms with Crippen molar-refractivity contribution in [3.63, 3.8) is 0 Å². The summed E-state index contributed by atoms with van der Waals surface area (Å²) >= 11 is 5.84. The van der Waals surface area contributed by atoms with Crippen LogP contribution in [0.1, 0.15) is 25.1 Å². The largest absolute Gasteiger partial charge is 0.398 e. The Morgan fingerprint density at radius 1 is 1.22 bits per heavy atom. The van der Waals surface area contributed by atoms with Crippen molar-refractivity contribution in [2.75, 3.05) is 12.4 Å². The number of carbonyl (C=O) groups is 1. The molecule has 0 aliphatic heterocycles. The van der Waals surface area contributed by atoms with Gasteiger partial charge in [0.15, 0.2) is 5.71 Å². The van der Waals surface area contributed by atoms with Crippen molar-refractivity contribution in [1.29, 1.82) is 0 Å². The second-order valence-electron chi connectivity index (χ2n) is 4.22. The standard InChI is InChI=1S/C15H14ClN3O2.C2H6/c1-10-13(4-3-9-17-10)18-15(20)14(19-21-2)11-5-7-12(16)8-6-11;1-2/h3-9H,1-2H3,(H,18,20);1-2H3/b19-14+;. The smallest absolute Gasteiger partial charge is 0.278 e. The van der Waals surface area contributed by atoms with E-state index in [4.69, 9.17) is 16.4 Å². The number of anilines is 1. The summed E-state index contributed by atoms with van der Waals surface area (Å²) in [6.45, 7) is 5.81. The topological polar surface area (TPSA) is 63.6 Å². The van der Waals surface area contributed by atoms with Crippen LogP contribution in [0.5, 0.6) is 0 Å². The van der Waals surface area contributed by atoms with Crippen molar-refractivity contribution < 1.29 is 9.63 Å². The fourth-order valence-electron chi connectivity index (χ4n) is 1.72. The molecule has 1 aromatic carbocycles. The number of halogens is 1. The van der Waals surface area contributed by atoms with Gasteiger partial charge in [-0.2, -0.15) is 0 Å². The summed E-state index contributed by atoms with van der Waals surface area (Å²) in [7, 11) is 1.39. The van der Waals surface area contributed by atoms with Gasteiger partial charge in [-0.3, -0.25) is 9.78 Å². The normalized spacial score (nSPS) is 10.4. The molecule has 2 aromatic rings. The minimum absolute atomic E-state index is 0.164. The van der Waals surface area contributed by atoms with E-state index in [1.165, 1.54) is 7.11 Å². The van der Waals surface area contributed by atoms with E-state index >= 15 is 0 Å². The maximum absolute atomic E-state index is 12.4. The third-order valence-corrected chi connectivity index (χ3v) is 3.02. The number of aryl methyl sites for hydroxylation is 1. The number of nitrogens with one attached hydrogen (secondary N) is 1. The van der Waals surface area contributed by atoms with Crippen LogP contribution < -0.4 is 5.32 Å². The molecule has 0 unspecified atom stereocenters. The lowest BCUT2D eigenvalue weighted by atomic mass is 10.1. The fraction of sp³-hybridized carbons (Fsp3) is 0.235. The summed E-state index contributed by atoms with van der Waals surface area (Å²) in [5, 5.41) is 7.14. The number of pyridine rings is 1. The molecule has 1 amide bonds. The average Bonchev–Trinajstić information content (AvgIpc) is 2.57. The van der Waals surface area contributed by atoms with E-state index in [9.17, 15) is 4.79 Å². The number of nitrogens with zero attached hydrogens (tertiary/aromatic N) is 2. The molecular weight excluding hydrogens is 314 g/mol. The summed E-state index contributed by atoms with van der Waals surface area (Å²) in [6, 6.07) is 10.3. The molecule has 0 radical (unpaired) electrons. The second kappa shape index (κ2) is 9.58. The highest BCUT2D eigenvalue weighted by Crippen LogP contribution is 2.14. The first kappa shape index (κ1) is 18.6. The van der Waals surface area contributed by atoms with E-state index in [0.29, 0.717) is 16.3 Å². The highest BCUT2D eigenvalue weighted by Gasteiger charge is 2.16. The lowest BCUT2D eigenvalue weighted by Gasteiger charge is -2.09.